The van der Waals surface area contributed by atoms with Crippen molar-refractivity contribution in [2.45, 2.75) is 40.2 Å². The molecule has 2 nitrogen and oxygen atoms in total. The number of fused-ring (bicyclic) bond motifs is 1. The molecule has 0 saturated heterocycles. The van der Waals surface area contributed by atoms with Crippen molar-refractivity contribution in [3.05, 3.63) is 70.1 Å². The maximum atomic E-state index is 14.4. The van der Waals surface area contributed by atoms with E-state index in [2.05, 4.69) is 11.5 Å². The van der Waals surface area contributed by atoms with Crippen LogP contribution >= 0.6 is 11.6 Å². The Hall–Kier alpha value is -2.13. The van der Waals surface area contributed by atoms with Crippen LogP contribution in [0.1, 0.15) is 48.8 Å². The highest BCUT2D eigenvalue weighted by molar-refractivity contribution is 6.30. The second-order valence-electron chi connectivity index (χ2n) is 6.93. The summed E-state index contributed by atoms with van der Waals surface area (Å²) in [6.45, 7) is 6.31. The molecule has 3 aromatic rings. The molecule has 0 fully saturated rings. The highest BCUT2D eigenvalue weighted by Gasteiger charge is 2.24. The highest BCUT2D eigenvalue weighted by Crippen LogP contribution is 2.31. The van der Waals surface area contributed by atoms with Gasteiger partial charge in [0.05, 0.1) is 6.54 Å². The number of hydrogen-bond acceptors (Lipinski definition) is 1. The van der Waals surface area contributed by atoms with Crippen molar-refractivity contribution >= 4 is 28.3 Å². The topological polar surface area (TPSA) is 22.0 Å². The van der Waals surface area contributed by atoms with Gasteiger partial charge in [-0.25, -0.2) is 4.39 Å². The summed E-state index contributed by atoms with van der Waals surface area (Å²) in [6, 6.07) is 12.6. The summed E-state index contributed by atoms with van der Waals surface area (Å²) in [5.41, 5.74) is 3.30. The summed E-state index contributed by atoms with van der Waals surface area (Å²) >= 11 is 5.89. The van der Waals surface area contributed by atoms with Crippen molar-refractivity contribution in [2.24, 2.45) is 5.92 Å². The molecule has 0 aliphatic rings. The summed E-state index contributed by atoms with van der Waals surface area (Å²) in [7, 11) is 0. The van der Waals surface area contributed by atoms with Crippen LogP contribution < -0.4 is 0 Å². The first-order valence-electron chi connectivity index (χ1n) is 9.02. The lowest BCUT2D eigenvalue weighted by molar-refractivity contribution is 0.0940. The fourth-order valence-corrected chi connectivity index (χ4v) is 3.58. The number of rotatable bonds is 6. The zero-order valence-corrected chi connectivity index (χ0v) is 16.1. The lowest BCUT2D eigenvalue weighted by Gasteiger charge is -2.13. The minimum atomic E-state index is -0.325. The number of halogens is 2. The second kappa shape index (κ2) is 7.63. The van der Waals surface area contributed by atoms with Crippen LogP contribution in [0.4, 0.5) is 4.39 Å². The smallest absolute Gasteiger partial charge is 0.167 e. The quantitative estimate of drug-likeness (QED) is 0.468. The maximum Gasteiger partial charge on any atom is 0.167 e. The molecule has 0 aliphatic carbocycles. The van der Waals surface area contributed by atoms with Gasteiger partial charge in [-0.1, -0.05) is 63.1 Å². The Morgan fingerprint density at radius 2 is 1.92 bits per heavy atom. The number of ketones is 1. The fraction of sp³-hybridized carbons (Fsp3) is 0.318. The third-order valence-electron chi connectivity index (χ3n) is 4.68. The molecule has 0 amide bonds. The summed E-state index contributed by atoms with van der Waals surface area (Å²) in [6.07, 6.45) is 1.69. The number of Topliss-reactive ketones (excluding diaryl/α,β-unsaturated/α-hetero) is 1. The first kappa shape index (κ1) is 18.7. The van der Waals surface area contributed by atoms with Gasteiger partial charge in [-0.15, -0.1) is 0 Å². The van der Waals surface area contributed by atoms with E-state index in [1.807, 2.05) is 38.1 Å². The van der Waals surface area contributed by atoms with Crippen molar-refractivity contribution in [1.82, 2.24) is 4.57 Å². The first-order chi connectivity index (χ1) is 12.4. The number of para-hydroxylation sites is 1. The van der Waals surface area contributed by atoms with E-state index in [0.717, 1.165) is 35.0 Å². The average Bonchev–Trinajstić information content (AvgIpc) is 2.90. The van der Waals surface area contributed by atoms with Crippen molar-refractivity contribution in [2.75, 3.05) is 0 Å². The van der Waals surface area contributed by atoms with E-state index in [1.54, 1.807) is 12.1 Å². The number of carbonyl (C=O) groups is 1. The molecule has 4 heteroatoms. The Morgan fingerprint density at radius 3 is 2.58 bits per heavy atom. The molecule has 0 spiro atoms. The van der Waals surface area contributed by atoms with E-state index in [4.69, 9.17) is 11.6 Å². The molecule has 0 N–H and O–H groups in total. The summed E-state index contributed by atoms with van der Waals surface area (Å²) < 4.78 is 16.5. The Kier molecular flexibility index (Phi) is 5.47. The van der Waals surface area contributed by atoms with Crippen LogP contribution in [-0.4, -0.2) is 10.4 Å². The second-order valence-corrected chi connectivity index (χ2v) is 7.37. The number of nitrogens with zero attached hydrogens (tertiary/aromatic N) is 1. The van der Waals surface area contributed by atoms with Crippen LogP contribution in [0.3, 0.4) is 0 Å². The van der Waals surface area contributed by atoms with E-state index >= 15 is 0 Å². The largest absolute Gasteiger partial charge is 0.339 e. The van der Waals surface area contributed by atoms with Gasteiger partial charge in [-0.05, 0) is 24.6 Å². The third-order valence-corrected chi connectivity index (χ3v) is 4.91. The van der Waals surface area contributed by atoms with Crippen LogP contribution in [-0.2, 0) is 13.0 Å². The minimum Gasteiger partial charge on any atom is -0.339 e. The molecule has 0 aliphatic heterocycles. The predicted molar refractivity (Wildman–Crippen MR) is 106 cm³/mol. The lowest BCUT2D eigenvalue weighted by atomic mass is 9.97. The van der Waals surface area contributed by atoms with E-state index in [0.29, 0.717) is 17.1 Å². The molecule has 0 bridgehead atoms. The molecule has 0 atom stereocenters. The normalized spacial score (nSPS) is 11.5. The van der Waals surface area contributed by atoms with Gasteiger partial charge in [0, 0.05) is 38.7 Å². The van der Waals surface area contributed by atoms with E-state index in [9.17, 15) is 9.18 Å². The van der Waals surface area contributed by atoms with Crippen LogP contribution in [0.2, 0.25) is 5.02 Å². The van der Waals surface area contributed by atoms with E-state index in [-0.39, 0.29) is 17.5 Å². The lowest BCUT2D eigenvalue weighted by Crippen LogP contribution is -2.13. The molecule has 1 aromatic heterocycles. The Morgan fingerprint density at radius 1 is 1.19 bits per heavy atom. The standard InChI is InChI=1S/C22H23ClFNO/c1-4-7-20-21(22(26)14(2)3)17-8-5-6-9-19(17)25(20)13-15-10-11-16(23)12-18(15)24/h5-6,8-12,14H,4,7,13H2,1-3H3. The molecule has 1 heterocycles. The van der Waals surface area contributed by atoms with Crippen molar-refractivity contribution in [1.29, 1.82) is 0 Å². The molecule has 26 heavy (non-hydrogen) atoms. The van der Waals surface area contributed by atoms with Crippen LogP contribution in [0.15, 0.2) is 42.5 Å². The summed E-state index contributed by atoms with van der Waals surface area (Å²) in [5.74, 6) is -0.272. The molecule has 0 radical (unpaired) electrons. The van der Waals surface area contributed by atoms with Crippen LogP contribution in [0.25, 0.3) is 10.9 Å². The molecule has 136 valence electrons. The van der Waals surface area contributed by atoms with Gasteiger partial charge in [-0.2, -0.15) is 0 Å². The third kappa shape index (κ3) is 3.41. The van der Waals surface area contributed by atoms with Crippen molar-refractivity contribution in [3.63, 3.8) is 0 Å². The molecular weight excluding hydrogens is 349 g/mol. The van der Waals surface area contributed by atoms with Gasteiger partial charge >= 0.3 is 0 Å². The maximum absolute atomic E-state index is 14.4. The predicted octanol–water partition coefficient (Wildman–Crippen LogP) is 6.27. The number of carbonyl (C=O) groups excluding carboxylic acids is 1. The molecule has 3 rings (SSSR count). The first-order valence-corrected chi connectivity index (χ1v) is 9.40. The Labute approximate surface area is 158 Å². The van der Waals surface area contributed by atoms with Gasteiger partial charge in [0.15, 0.2) is 5.78 Å². The summed E-state index contributed by atoms with van der Waals surface area (Å²) in [5, 5.41) is 1.33. The van der Waals surface area contributed by atoms with Gasteiger partial charge < -0.3 is 4.57 Å². The fourth-order valence-electron chi connectivity index (χ4n) is 3.42. The van der Waals surface area contributed by atoms with Gasteiger partial charge in [0.2, 0.25) is 0 Å². The van der Waals surface area contributed by atoms with E-state index in [1.165, 1.54) is 6.07 Å². The monoisotopic (exact) mass is 371 g/mol. The van der Waals surface area contributed by atoms with Crippen molar-refractivity contribution < 1.29 is 9.18 Å². The number of benzene rings is 2. The van der Waals surface area contributed by atoms with Crippen molar-refractivity contribution in [3.8, 4) is 0 Å². The number of aromatic nitrogens is 1. The van der Waals surface area contributed by atoms with Crippen LogP contribution in [0, 0.1) is 11.7 Å². The summed E-state index contributed by atoms with van der Waals surface area (Å²) in [4.78, 5) is 12.9. The van der Waals surface area contributed by atoms with Gasteiger partial charge in [-0.3, -0.25) is 4.79 Å². The zero-order chi connectivity index (χ0) is 18.8. The number of hydrogen-bond donors (Lipinski definition) is 0. The molecule has 0 saturated carbocycles. The van der Waals surface area contributed by atoms with Gasteiger partial charge in [0.25, 0.3) is 0 Å². The molecule has 0 unspecified atom stereocenters. The van der Waals surface area contributed by atoms with E-state index < -0.39 is 0 Å². The average molecular weight is 372 g/mol. The van der Waals surface area contributed by atoms with Crippen LogP contribution in [0.5, 0.6) is 0 Å². The SMILES string of the molecule is CCCc1c(C(=O)C(C)C)c2ccccc2n1Cc1ccc(Cl)cc1F. The highest BCUT2D eigenvalue weighted by atomic mass is 35.5. The molecular formula is C22H23ClFNO. The van der Waals surface area contributed by atoms with Gasteiger partial charge in [0.1, 0.15) is 5.82 Å². The Bertz CT molecular complexity index is 958. The minimum absolute atomic E-state index is 0.0860. The molecule has 2 aromatic carbocycles. The Balaban J connectivity index is 2.23. The zero-order valence-electron chi connectivity index (χ0n) is 15.4.